The van der Waals surface area contributed by atoms with Gasteiger partial charge in [-0.3, -0.25) is 0 Å². The summed E-state index contributed by atoms with van der Waals surface area (Å²) in [6.45, 7) is -4.69. The molecule has 1 fully saturated rings. The highest BCUT2D eigenvalue weighted by Crippen LogP contribution is 2.33. The van der Waals surface area contributed by atoms with Gasteiger partial charge in [0.2, 0.25) is 0 Å². The Morgan fingerprint density at radius 3 is 2.26 bits per heavy atom. The lowest BCUT2D eigenvalue weighted by Gasteiger charge is -2.12. The molecule has 3 heteroatoms. The number of rotatable bonds is 6. The van der Waals surface area contributed by atoms with Gasteiger partial charge in [0.25, 0.3) is 0 Å². The Morgan fingerprint density at radius 1 is 0.957 bits per heavy atom. The van der Waals surface area contributed by atoms with Crippen LogP contribution in [0, 0.1) is 0 Å². The molecule has 1 heterocycles. The molecule has 1 aliphatic heterocycles. The van der Waals surface area contributed by atoms with Crippen molar-refractivity contribution in [2.24, 2.45) is 0 Å². The standard InChI is InChI=1S/C20H18O3/c1-2-6-15(7-3-1)12-22-19-10-4-9-18-17(19)8-5-11-20(18)23-14-16-13-21-16/h1-11,16H,12-14H2/i13D2,14D2,16D. The third-order valence-electron chi connectivity index (χ3n) is 3.54. The molecule has 1 saturated heterocycles. The SMILES string of the molecule is [2H]C([2H])(Oc1cccc2c(OCc3ccccc3)cccc12)C1([2H])OC1([2H])[2H]. The van der Waals surface area contributed by atoms with Crippen molar-refractivity contribution in [1.82, 2.24) is 0 Å². The highest BCUT2D eigenvalue weighted by molar-refractivity contribution is 5.93. The van der Waals surface area contributed by atoms with E-state index in [9.17, 15) is 0 Å². The second-order valence-electron chi connectivity index (χ2n) is 5.12. The molecule has 0 saturated carbocycles. The van der Waals surface area contributed by atoms with Crippen LogP contribution in [-0.2, 0) is 11.3 Å². The summed E-state index contributed by atoms with van der Waals surface area (Å²) in [5.41, 5.74) is 1.02. The van der Waals surface area contributed by atoms with E-state index < -0.39 is 19.2 Å². The summed E-state index contributed by atoms with van der Waals surface area (Å²) in [6.07, 6.45) is -2.41. The molecule has 3 aromatic rings. The van der Waals surface area contributed by atoms with Crippen molar-refractivity contribution in [1.29, 1.82) is 0 Å². The van der Waals surface area contributed by atoms with Crippen molar-refractivity contribution in [2.45, 2.75) is 12.7 Å². The average Bonchev–Trinajstić information content (AvgIpc) is 3.21. The predicted octanol–water partition coefficient (Wildman–Crippen LogP) is 4.20. The van der Waals surface area contributed by atoms with Gasteiger partial charge in [-0.05, 0) is 17.7 Å². The molecule has 0 amide bonds. The third-order valence-corrected chi connectivity index (χ3v) is 3.54. The second kappa shape index (κ2) is 6.31. The number of ether oxygens (including phenoxy) is 3. The quantitative estimate of drug-likeness (QED) is 0.639. The Labute approximate surface area is 142 Å². The molecule has 1 unspecified atom stereocenters. The number of benzene rings is 3. The van der Waals surface area contributed by atoms with Gasteiger partial charge in [-0.2, -0.15) is 0 Å². The molecule has 0 bridgehead atoms. The van der Waals surface area contributed by atoms with Crippen molar-refractivity contribution in [2.75, 3.05) is 13.1 Å². The Hall–Kier alpha value is -2.52. The van der Waals surface area contributed by atoms with Gasteiger partial charge in [-0.1, -0.05) is 54.6 Å². The Morgan fingerprint density at radius 2 is 1.61 bits per heavy atom. The number of epoxide rings is 1. The fraction of sp³-hybridized carbons (Fsp3) is 0.200. The van der Waals surface area contributed by atoms with Gasteiger partial charge in [0.1, 0.15) is 30.7 Å². The maximum Gasteiger partial charge on any atom is 0.127 e. The van der Waals surface area contributed by atoms with Gasteiger partial charge >= 0.3 is 0 Å². The molecule has 1 aliphatic rings. The van der Waals surface area contributed by atoms with Crippen LogP contribution in [0.2, 0.25) is 0 Å². The Bertz CT molecular complexity index is 1010. The average molecular weight is 311 g/mol. The minimum atomic E-state index is -2.67. The summed E-state index contributed by atoms with van der Waals surface area (Å²) in [4.78, 5) is 0. The lowest BCUT2D eigenvalue weighted by atomic mass is 10.1. The number of hydrogen-bond donors (Lipinski definition) is 0. The maximum atomic E-state index is 8.02. The van der Waals surface area contributed by atoms with Crippen LogP contribution in [0.4, 0.5) is 0 Å². The summed E-state index contributed by atoms with van der Waals surface area (Å²) in [5, 5.41) is 1.33. The Kier molecular flexibility index (Phi) is 2.63. The number of fused-ring (bicyclic) bond motifs is 1. The summed E-state index contributed by atoms with van der Waals surface area (Å²) >= 11 is 0. The van der Waals surface area contributed by atoms with Crippen molar-refractivity contribution in [3.05, 3.63) is 72.3 Å². The highest BCUT2D eigenvalue weighted by Gasteiger charge is 2.23. The predicted molar refractivity (Wildman–Crippen MR) is 90.0 cm³/mol. The van der Waals surface area contributed by atoms with E-state index >= 15 is 0 Å². The van der Waals surface area contributed by atoms with Crippen LogP contribution in [0.15, 0.2) is 66.7 Å². The molecule has 1 atom stereocenters. The largest absolute Gasteiger partial charge is 0.490 e. The minimum Gasteiger partial charge on any atom is -0.490 e. The minimum absolute atomic E-state index is 0.186. The summed E-state index contributed by atoms with van der Waals surface area (Å²) in [6, 6.07) is 20.2. The smallest absolute Gasteiger partial charge is 0.127 e. The summed E-state index contributed by atoms with van der Waals surface area (Å²) < 4.78 is 54.8. The fourth-order valence-corrected chi connectivity index (χ4v) is 2.37. The normalized spacial score (nSPS) is 25.5. The van der Waals surface area contributed by atoms with E-state index in [1.165, 1.54) is 0 Å². The lowest BCUT2D eigenvalue weighted by molar-refractivity contribution is 0.265. The van der Waals surface area contributed by atoms with E-state index in [1.807, 2.05) is 42.5 Å². The molecular weight excluding hydrogens is 288 g/mol. The van der Waals surface area contributed by atoms with Crippen LogP contribution in [0.25, 0.3) is 10.8 Å². The van der Waals surface area contributed by atoms with Crippen molar-refractivity contribution in [3.63, 3.8) is 0 Å². The lowest BCUT2D eigenvalue weighted by Crippen LogP contribution is -2.04. The molecule has 3 aromatic carbocycles. The van der Waals surface area contributed by atoms with Crippen molar-refractivity contribution in [3.8, 4) is 11.5 Å². The van der Waals surface area contributed by atoms with E-state index in [-0.39, 0.29) is 5.75 Å². The first-order valence-corrected chi connectivity index (χ1v) is 7.31. The second-order valence-corrected chi connectivity index (χ2v) is 5.12. The molecule has 3 nitrogen and oxygen atoms in total. The van der Waals surface area contributed by atoms with Crippen LogP contribution in [0.1, 0.15) is 12.4 Å². The van der Waals surface area contributed by atoms with E-state index in [0.717, 1.165) is 10.9 Å². The molecule has 0 aliphatic carbocycles. The van der Waals surface area contributed by atoms with Gasteiger partial charge in [0, 0.05) is 10.8 Å². The molecule has 4 rings (SSSR count). The Balaban J connectivity index is 1.62. The van der Waals surface area contributed by atoms with Crippen LogP contribution in [0.5, 0.6) is 11.5 Å². The molecule has 0 spiro atoms. The van der Waals surface area contributed by atoms with Crippen molar-refractivity contribution < 1.29 is 21.1 Å². The van der Waals surface area contributed by atoms with Crippen molar-refractivity contribution >= 4 is 10.8 Å². The van der Waals surface area contributed by atoms with E-state index in [4.69, 9.17) is 16.3 Å². The molecule has 23 heavy (non-hydrogen) atoms. The van der Waals surface area contributed by atoms with E-state index in [0.29, 0.717) is 17.7 Å². The third kappa shape index (κ3) is 3.30. The fourth-order valence-electron chi connectivity index (χ4n) is 2.37. The maximum absolute atomic E-state index is 8.02. The molecule has 0 radical (unpaired) electrons. The zero-order valence-corrected chi connectivity index (χ0v) is 12.3. The first-order valence-electron chi connectivity index (χ1n) is 9.81. The van der Waals surface area contributed by atoms with Crippen LogP contribution < -0.4 is 9.47 Å². The van der Waals surface area contributed by atoms with Gasteiger partial charge < -0.3 is 14.2 Å². The van der Waals surface area contributed by atoms with Crippen LogP contribution >= 0.6 is 0 Å². The van der Waals surface area contributed by atoms with Crippen LogP contribution in [-0.4, -0.2) is 19.2 Å². The monoisotopic (exact) mass is 311 g/mol. The van der Waals surface area contributed by atoms with E-state index in [2.05, 4.69) is 4.74 Å². The van der Waals surface area contributed by atoms with Crippen LogP contribution in [0.3, 0.4) is 0 Å². The first-order chi connectivity index (χ1) is 13.2. The summed E-state index contributed by atoms with van der Waals surface area (Å²) in [7, 11) is 0. The van der Waals surface area contributed by atoms with Gasteiger partial charge in [0.15, 0.2) is 0 Å². The van der Waals surface area contributed by atoms with Gasteiger partial charge in [-0.25, -0.2) is 0 Å². The number of hydrogen-bond acceptors (Lipinski definition) is 3. The first kappa shape index (κ1) is 9.58. The highest BCUT2D eigenvalue weighted by atomic mass is 16.6. The van der Waals surface area contributed by atoms with Gasteiger partial charge in [0.05, 0.1) is 13.4 Å². The van der Waals surface area contributed by atoms with E-state index in [1.54, 1.807) is 24.3 Å². The zero-order valence-electron chi connectivity index (χ0n) is 17.3. The summed E-state index contributed by atoms with van der Waals surface area (Å²) in [5.74, 6) is 0.802. The molecule has 116 valence electrons. The van der Waals surface area contributed by atoms with Gasteiger partial charge in [-0.15, -0.1) is 0 Å². The molecular formula is C20H18O3. The topological polar surface area (TPSA) is 31.0 Å². The molecule has 0 aromatic heterocycles. The zero-order chi connectivity index (χ0) is 20.0. The molecule has 0 N–H and O–H groups in total.